The molecule has 2 aromatic rings. The first-order valence-corrected chi connectivity index (χ1v) is 8.35. The van der Waals surface area contributed by atoms with Crippen molar-refractivity contribution in [1.82, 2.24) is 5.32 Å². The van der Waals surface area contributed by atoms with Gasteiger partial charge in [0.25, 0.3) is 0 Å². The molecule has 136 valence electrons. The maximum Gasteiger partial charge on any atom is 0.305 e. The number of amides is 1. The highest BCUT2D eigenvalue weighted by atomic mass is 16.5. The molecule has 0 radical (unpaired) electrons. The summed E-state index contributed by atoms with van der Waals surface area (Å²) in [6.45, 7) is 0. The number of nitrogens with one attached hydrogen (secondary N) is 1. The lowest BCUT2D eigenvalue weighted by Gasteiger charge is -2.30. The van der Waals surface area contributed by atoms with Gasteiger partial charge in [-0.15, -0.1) is 0 Å². The molecular formula is C20H21NO5. The minimum absolute atomic E-state index is 0.162. The van der Waals surface area contributed by atoms with Crippen LogP contribution in [0.25, 0.3) is 0 Å². The van der Waals surface area contributed by atoms with Gasteiger partial charge in [-0.2, -0.15) is 0 Å². The quantitative estimate of drug-likeness (QED) is 0.798. The van der Waals surface area contributed by atoms with E-state index in [1.54, 1.807) is 18.2 Å². The number of hydrogen-bond acceptors (Lipinski definition) is 4. The molecule has 0 heterocycles. The summed E-state index contributed by atoms with van der Waals surface area (Å²) in [5, 5.41) is 12.1. The lowest BCUT2D eigenvalue weighted by atomic mass is 9.77. The third-order valence-electron chi connectivity index (χ3n) is 4.68. The summed E-state index contributed by atoms with van der Waals surface area (Å²) < 4.78 is 10.5. The fraction of sp³-hybridized carbons (Fsp3) is 0.300. The largest absolute Gasteiger partial charge is 0.493 e. The normalized spacial score (nSPS) is 16.0. The Kier molecular flexibility index (Phi) is 5.11. The van der Waals surface area contributed by atoms with Crippen molar-refractivity contribution in [1.29, 1.82) is 0 Å². The van der Waals surface area contributed by atoms with Gasteiger partial charge in [0.1, 0.15) is 0 Å². The number of hydrogen-bond donors (Lipinski definition) is 2. The van der Waals surface area contributed by atoms with E-state index < -0.39 is 12.0 Å². The number of carbonyl (C=O) groups is 2. The highest BCUT2D eigenvalue weighted by Gasteiger charge is 2.33. The monoisotopic (exact) mass is 355 g/mol. The second-order valence-electron chi connectivity index (χ2n) is 6.23. The molecule has 6 heteroatoms. The summed E-state index contributed by atoms with van der Waals surface area (Å²) >= 11 is 0. The van der Waals surface area contributed by atoms with Gasteiger partial charge in [-0.05, 0) is 35.2 Å². The van der Waals surface area contributed by atoms with Crippen LogP contribution < -0.4 is 14.8 Å². The molecule has 3 rings (SSSR count). The van der Waals surface area contributed by atoms with Crippen molar-refractivity contribution < 1.29 is 24.2 Å². The predicted molar refractivity (Wildman–Crippen MR) is 95.6 cm³/mol. The predicted octanol–water partition coefficient (Wildman–Crippen LogP) is 2.68. The summed E-state index contributed by atoms with van der Waals surface area (Å²) in [6.07, 6.45) is 0.462. The molecule has 2 N–H and O–H groups in total. The van der Waals surface area contributed by atoms with Crippen molar-refractivity contribution in [2.45, 2.75) is 24.8 Å². The van der Waals surface area contributed by atoms with Gasteiger partial charge in [0.05, 0.1) is 32.6 Å². The number of carboxylic acids is 1. The minimum atomic E-state index is -0.987. The molecule has 1 amide bonds. The lowest BCUT2D eigenvalue weighted by molar-refractivity contribution is -0.137. The summed E-state index contributed by atoms with van der Waals surface area (Å²) in [5.74, 6) is -0.348. The van der Waals surface area contributed by atoms with Gasteiger partial charge in [-0.3, -0.25) is 9.59 Å². The van der Waals surface area contributed by atoms with Crippen molar-refractivity contribution in [2.75, 3.05) is 14.2 Å². The van der Waals surface area contributed by atoms with Crippen LogP contribution >= 0.6 is 0 Å². The maximum absolute atomic E-state index is 12.7. The highest BCUT2D eigenvalue weighted by Crippen LogP contribution is 2.36. The van der Waals surface area contributed by atoms with Gasteiger partial charge in [0.15, 0.2) is 11.5 Å². The van der Waals surface area contributed by atoms with Crippen molar-refractivity contribution in [3.8, 4) is 11.5 Å². The second kappa shape index (κ2) is 7.47. The van der Waals surface area contributed by atoms with Gasteiger partial charge < -0.3 is 19.9 Å². The molecule has 1 aliphatic carbocycles. The van der Waals surface area contributed by atoms with E-state index in [-0.39, 0.29) is 18.2 Å². The zero-order chi connectivity index (χ0) is 18.7. The lowest BCUT2D eigenvalue weighted by Crippen LogP contribution is -2.38. The van der Waals surface area contributed by atoms with Crippen LogP contribution in [0, 0.1) is 0 Å². The van der Waals surface area contributed by atoms with Gasteiger partial charge >= 0.3 is 5.97 Å². The molecule has 2 unspecified atom stereocenters. The third kappa shape index (κ3) is 3.49. The number of carboxylic acid groups (broad SMARTS) is 1. The van der Waals surface area contributed by atoms with Gasteiger partial charge in [0.2, 0.25) is 5.91 Å². The molecule has 6 nitrogen and oxygen atoms in total. The standard InChI is InChI=1S/C20H21NO5/c1-25-17-8-7-13(10-18(17)26-2)16(11-19(22)23)21-20(24)15-9-12-5-3-4-6-14(12)15/h3-8,10,15-16H,9,11H2,1-2H3,(H,21,24)(H,22,23). The fourth-order valence-corrected chi connectivity index (χ4v) is 3.26. The zero-order valence-electron chi connectivity index (χ0n) is 14.7. The van der Waals surface area contributed by atoms with Crippen LogP contribution in [0.1, 0.15) is 35.1 Å². The first-order valence-electron chi connectivity index (χ1n) is 8.35. The molecule has 2 atom stereocenters. The van der Waals surface area contributed by atoms with Crippen LogP contribution in [-0.2, 0) is 16.0 Å². The Morgan fingerprint density at radius 2 is 1.88 bits per heavy atom. The number of carbonyl (C=O) groups excluding carboxylic acids is 1. The van der Waals surface area contributed by atoms with E-state index in [0.717, 1.165) is 11.1 Å². The van der Waals surface area contributed by atoms with Crippen LogP contribution in [0.3, 0.4) is 0 Å². The molecule has 0 aliphatic heterocycles. The summed E-state index contributed by atoms with van der Waals surface area (Å²) in [4.78, 5) is 24.0. The van der Waals surface area contributed by atoms with Crippen molar-refractivity contribution in [3.05, 3.63) is 59.2 Å². The molecule has 2 aromatic carbocycles. The van der Waals surface area contributed by atoms with Crippen LogP contribution in [-0.4, -0.2) is 31.2 Å². The van der Waals surface area contributed by atoms with E-state index >= 15 is 0 Å². The number of fused-ring (bicyclic) bond motifs is 1. The topological polar surface area (TPSA) is 84.9 Å². The van der Waals surface area contributed by atoms with Crippen LogP contribution in [0.5, 0.6) is 11.5 Å². The number of methoxy groups -OCH3 is 2. The Balaban J connectivity index is 1.81. The minimum Gasteiger partial charge on any atom is -0.493 e. The van der Waals surface area contributed by atoms with Crippen molar-refractivity contribution in [2.24, 2.45) is 0 Å². The molecule has 0 saturated heterocycles. The first kappa shape index (κ1) is 17.8. The molecule has 0 aromatic heterocycles. The van der Waals surface area contributed by atoms with Crippen molar-refractivity contribution in [3.63, 3.8) is 0 Å². The molecule has 0 spiro atoms. The summed E-state index contributed by atoms with van der Waals surface area (Å²) in [5.41, 5.74) is 2.82. The molecule has 0 bridgehead atoms. The van der Waals surface area contributed by atoms with E-state index in [4.69, 9.17) is 9.47 Å². The van der Waals surface area contributed by atoms with E-state index in [9.17, 15) is 14.7 Å². The van der Waals surface area contributed by atoms with Crippen LogP contribution in [0.2, 0.25) is 0 Å². The Hall–Kier alpha value is -3.02. The van der Waals surface area contributed by atoms with Gasteiger partial charge in [-0.1, -0.05) is 30.3 Å². The third-order valence-corrected chi connectivity index (χ3v) is 4.68. The summed E-state index contributed by atoms with van der Waals surface area (Å²) in [7, 11) is 3.04. The van der Waals surface area contributed by atoms with E-state index in [1.165, 1.54) is 14.2 Å². The molecule has 0 saturated carbocycles. The maximum atomic E-state index is 12.7. The Labute approximate surface area is 151 Å². The Morgan fingerprint density at radius 1 is 1.15 bits per heavy atom. The number of ether oxygens (including phenoxy) is 2. The van der Waals surface area contributed by atoms with E-state index in [2.05, 4.69) is 5.32 Å². The number of rotatable bonds is 7. The molecule has 26 heavy (non-hydrogen) atoms. The SMILES string of the molecule is COc1ccc(C(CC(=O)O)NC(=O)C2Cc3ccccc32)cc1OC. The molecule has 1 aliphatic rings. The number of aliphatic carboxylic acids is 1. The average molecular weight is 355 g/mol. The van der Waals surface area contributed by atoms with Crippen molar-refractivity contribution >= 4 is 11.9 Å². The average Bonchev–Trinajstić information content (AvgIpc) is 2.61. The zero-order valence-corrected chi connectivity index (χ0v) is 14.7. The van der Waals surface area contributed by atoms with E-state index in [1.807, 2.05) is 24.3 Å². The number of benzene rings is 2. The summed E-state index contributed by atoms with van der Waals surface area (Å²) in [6, 6.07) is 12.3. The highest BCUT2D eigenvalue weighted by molar-refractivity contribution is 5.87. The molecular weight excluding hydrogens is 334 g/mol. The molecule has 0 fully saturated rings. The van der Waals surface area contributed by atoms with E-state index in [0.29, 0.717) is 23.5 Å². The van der Waals surface area contributed by atoms with Gasteiger partial charge in [-0.25, -0.2) is 0 Å². The van der Waals surface area contributed by atoms with Crippen LogP contribution in [0.4, 0.5) is 0 Å². The first-order chi connectivity index (χ1) is 12.5. The Bertz CT molecular complexity index is 833. The Morgan fingerprint density at radius 3 is 2.54 bits per heavy atom. The second-order valence-corrected chi connectivity index (χ2v) is 6.23. The fourth-order valence-electron chi connectivity index (χ4n) is 3.26. The van der Waals surface area contributed by atoms with Crippen LogP contribution in [0.15, 0.2) is 42.5 Å². The van der Waals surface area contributed by atoms with Gasteiger partial charge in [0, 0.05) is 0 Å². The smallest absolute Gasteiger partial charge is 0.305 e.